The Morgan fingerprint density at radius 1 is 1.18 bits per heavy atom. The third-order valence-electron chi connectivity index (χ3n) is 2.16. The zero-order chi connectivity index (χ0) is 12.5. The van der Waals surface area contributed by atoms with E-state index in [0.717, 1.165) is 5.75 Å². The van der Waals surface area contributed by atoms with Crippen molar-refractivity contribution in [2.24, 2.45) is 0 Å². The van der Waals surface area contributed by atoms with E-state index in [2.05, 4.69) is 44.8 Å². The summed E-state index contributed by atoms with van der Waals surface area (Å²) >= 11 is 4.25. The molecular formula is C14H13BrOZn. The summed E-state index contributed by atoms with van der Waals surface area (Å²) in [7, 11) is 0. The van der Waals surface area contributed by atoms with E-state index in [4.69, 9.17) is 4.74 Å². The Kier molecular flexibility index (Phi) is 7.15. The molecule has 0 heterocycles. The third-order valence-corrected chi connectivity index (χ3v) is 2.16. The Bertz CT molecular complexity index is 431. The minimum atomic E-state index is 0.599. The predicted octanol–water partition coefficient (Wildman–Crippen LogP) is 4.22. The normalized spacial score (nSPS) is 9.18. The van der Waals surface area contributed by atoms with Crippen LogP contribution in [0.15, 0.2) is 48.5 Å². The average Bonchev–Trinajstić information content (AvgIpc) is 2.40. The average molecular weight is 343 g/mol. The minimum absolute atomic E-state index is 0.599. The van der Waals surface area contributed by atoms with Crippen LogP contribution in [0.3, 0.4) is 0 Å². The van der Waals surface area contributed by atoms with Gasteiger partial charge in [-0.3, -0.25) is 0 Å². The fourth-order valence-corrected chi connectivity index (χ4v) is 1.43. The Labute approximate surface area is 119 Å². The van der Waals surface area contributed by atoms with Crippen LogP contribution in [0.4, 0.5) is 0 Å². The summed E-state index contributed by atoms with van der Waals surface area (Å²) in [4.78, 5) is 0. The number of benzene rings is 2. The Hall–Kier alpha value is -0.657. The van der Waals surface area contributed by atoms with E-state index in [0.29, 0.717) is 6.61 Å². The van der Waals surface area contributed by atoms with E-state index in [-0.39, 0.29) is 0 Å². The molecule has 0 bridgehead atoms. The van der Waals surface area contributed by atoms with Gasteiger partial charge in [-0.1, -0.05) is 29.8 Å². The molecule has 1 nitrogen and oxygen atoms in total. The van der Waals surface area contributed by atoms with Crippen molar-refractivity contribution in [1.29, 1.82) is 0 Å². The SMILES string of the molecule is Cc1cccc(COc2[c-]cccc2)c1.[Zn+][Br]. The summed E-state index contributed by atoms with van der Waals surface area (Å²) in [5.74, 6) is 0.791. The number of ether oxygens (including phenoxy) is 1. The van der Waals surface area contributed by atoms with Crippen LogP contribution in [0.2, 0.25) is 0 Å². The Balaban J connectivity index is 0.000000686. The van der Waals surface area contributed by atoms with E-state index >= 15 is 0 Å². The van der Waals surface area contributed by atoms with Crippen molar-refractivity contribution in [2.75, 3.05) is 0 Å². The molecule has 2 aromatic carbocycles. The molecule has 2 rings (SSSR count). The van der Waals surface area contributed by atoms with Crippen molar-refractivity contribution in [1.82, 2.24) is 0 Å². The number of hydrogen-bond donors (Lipinski definition) is 0. The van der Waals surface area contributed by atoms with Crippen LogP contribution >= 0.6 is 13.6 Å². The summed E-state index contributed by atoms with van der Waals surface area (Å²) in [6.07, 6.45) is 0. The fraction of sp³-hybridized carbons (Fsp3) is 0.143. The first kappa shape index (κ1) is 14.4. The summed E-state index contributed by atoms with van der Waals surface area (Å²) in [5, 5.41) is 0. The van der Waals surface area contributed by atoms with Gasteiger partial charge < -0.3 is 4.74 Å². The first-order valence-electron chi connectivity index (χ1n) is 5.26. The molecule has 0 atom stereocenters. The molecule has 0 spiro atoms. The molecule has 0 aliphatic heterocycles. The topological polar surface area (TPSA) is 9.23 Å². The van der Waals surface area contributed by atoms with Crippen LogP contribution < -0.4 is 4.74 Å². The second kappa shape index (κ2) is 8.44. The first-order valence-corrected chi connectivity index (χ1v) is 12.2. The molecule has 0 unspecified atom stereocenters. The van der Waals surface area contributed by atoms with Gasteiger partial charge in [0.15, 0.2) is 0 Å². The van der Waals surface area contributed by atoms with Crippen molar-refractivity contribution in [2.45, 2.75) is 13.5 Å². The van der Waals surface area contributed by atoms with Crippen molar-refractivity contribution in [3.05, 3.63) is 65.7 Å². The zero-order valence-electron chi connectivity index (χ0n) is 9.82. The molecule has 0 aromatic heterocycles. The number of aryl methyl sites for hydroxylation is 1. The van der Waals surface area contributed by atoms with E-state index in [1.807, 2.05) is 30.3 Å². The van der Waals surface area contributed by atoms with Crippen LogP contribution in [0, 0.1) is 13.0 Å². The van der Waals surface area contributed by atoms with E-state index in [9.17, 15) is 0 Å². The summed E-state index contributed by atoms with van der Waals surface area (Å²) in [5.41, 5.74) is 2.44. The number of hydrogen-bond acceptors (Lipinski definition) is 1. The molecule has 2 aromatic rings. The van der Waals surface area contributed by atoms with Crippen LogP contribution in [0.1, 0.15) is 11.1 Å². The van der Waals surface area contributed by atoms with Gasteiger partial charge in [0.25, 0.3) is 0 Å². The third kappa shape index (κ3) is 5.47. The molecule has 0 saturated carbocycles. The summed E-state index contributed by atoms with van der Waals surface area (Å²) in [6.45, 7) is 2.68. The van der Waals surface area contributed by atoms with E-state index < -0.39 is 0 Å². The Morgan fingerprint density at radius 3 is 2.65 bits per heavy atom. The molecule has 3 heteroatoms. The fourth-order valence-electron chi connectivity index (χ4n) is 1.43. The summed E-state index contributed by atoms with van der Waals surface area (Å²) in [6, 6.07) is 19.0. The monoisotopic (exact) mass is 340 g/mol. The van der Waals surface area contributed by atoms with Gasteiger partial charge in [-0.05, 0) is 12.5 Å². The standard InChI is InChI=1S/C14H13O.BrH.Zn/c1-12-6-5-7-13(10-12)11-15-14-8-3-2-4-9-14;;/h2-8,10H,11H2,1H3;1H;/q-1;;+2/p-1. The molecule has 0 N–H and O–H groups in total. The van der Waals surface area contributed by atoms with Gasteiger partial charge in [0, 0.05) is 5.75 Å². The van der Waals surface area contributed by atoms with Crippen molar-refractivity contribution in [3.8, 4) is 5.75 Å². The van der Waals surface area contributed by atoms with Gasteiger partial charge in [-0.25, -0.2) is 0 Å². The molecule has 0 radical (unpaired) electrons. The van der Waals surface area contributed by atoms with Gasteiger partial charge in [-0.2, -0.15) is 18.2 Å². The van der Waals surface area contributed by atoms with Gasteiger partial charge in [-0.15, -0.1) is 12.1 Å². The van der Waals surface area contributed by atoms with Crippen molar-refractivity contribution >= 4 is 13.6 Å². The number of rotatable bonds is 3. The molecule has 0 aliphatic rings. The van der Waals surface area contributed by atoms with Crippen LogP contribution in [0.5, 0.6) is 5.75 Å². The van der Waals surface area contributed by atoms with Crippen LogP contribution in [-0.4, -0.2) is 0 Å². The molecule has 0 aliphatic carbocycles. The van der Waals surface area contributed by atoms with Gasteiger partial charge in [0.1, 0.15) is 6.61 Å². The molecule has 84 valence electrons. The number of halogens is 1. The Morgan fingerprint density at radius 2 is 2.00 bits per heavy atom. The quantitative estimate of drug-likeness (QED) is 0.599. The van der Waals surface area contributed by atoms with Gasteiger partial charge in [0.2, 0.25) is 0 Å². The van der Waals surface area contributed by atoms with Crippen LogP contribution in [0.25, 0.3) is 0 Å². The second-order valence-corrected chi connectivity index (χ2v) is 3.50. The first-order chi connectivity index (χ1) is 8.34. The molecule has 0 saturated heterocycles. The molecule has 0 amide bonds. The maximum absolute atomic E-state index is 5.59. The molecular weight excluding hydrogens is 329 g/mol. The van der Waals surface area contributed by atoms with Crippen LogP contribution in [-0.2, 0) is 22.9 Å². The maximum atomic E-state index is 5.59. The summed E-state index contributed by atoms with van der Waals surface area (Å²) < 4.78 is 5.59. The van der Waals surface area contributed by atoms with Gasteiger partial charge in [0.05, 0.1) is 0 Å². The van der Waals surface area contributed by atoms with Crippen molar-refractivity contribution in [3.63, 3.8) is 0 Å². The molecule has 17 heavy (non-hydrogen) atoms. The van der Waals surface area contributed by atoms with E-state index in [1.165, 1.54) is 27.5 Å². The van der Waals surface area contributed by atoms with Gasteiger partial charge >= 0.3 is 30.0 Å². The second-order valence-electron chi connectivity index (χ2n) is 3.50. The predicted molar refractivity (Wildman–Crippen MR) is 69.7 cm³/mol. The van der Waals surface area contributed by atoms with Crippen molar-refractivity contribution < 1.29 is 21.1 Å². The molecule has 0 fully saturated rings. The van der Waals surface area contributed by atoms with E-state index in [1.54, 1.807) is 0 Å². The zero-order valence-corrected chi connectivity index (χ0v) is 14.4. The number of para-hydroxylation sites is 1.